The molecule has 1 aliphatic carbocycles. The van der Waals surface area contributed by atoms with E-state index in [9.17, 15) is 0 Å². The van der Waals surface area contributed by atoms with Crippen LogP contribution in [0.1, 0.15) is 24.0 Å². The normalized spacial score (nSPS) is 12.9. The van der Waals surface area contributed by atoms with Crippen LogP contribution in [0.15, 0.2) is 138 Å². The topological polar surface area (TPSA) is 25.2 Å². The first kappa shape index (κ1) is 24.7. The molecule has 202 valence electrons. The number of para-hydroxylation sites is 2. The summed E-state index contributed by atoms with van der Waals surface area (Å²) in [5.41, 5.74) is 14.5. The number of aryl methyl sites for hydroxylation is 1. The van der Waals surface area contributed by atoms with E-state index in [1.165, 1.54) is 53.5 Å². The fourth-order valence-electron chi connectivity index (χ4n) is 6.51. The average molecular weight is 542 g/mol. The molecule has 0 fully saturated rings. The van der Waals surface area contributed by atoms with Crippen LogP contribution in [0.3, 0.4) is 0 Å². The van der Waals surface area contributed by atoms with Gasteiger partial charge in [0.1, 0.15) is 11.2 Å². The summed E-state index contributed by atoms with van der Waals surface area (Å²) in [6, 6.07) is 47.7. The number of rotatable bonds is 5. The lowest BCUT2D eigenvalue weighted by Crippen LogP contribution is -2.04. The lowest BCUT2D eigenvalue weighted by molar-refractivity contribution is 0.670. The van der Waals surface area contributed by atoms with E-state index >= 15 is 0 Å². The van der Waals surface area contributed by atoms with Crippen LogP contribution in [0.5, 0.6) is 0 Å². The van der Waals surface area contributed by atoms with Crippen molar-refractivity contribution in [3.8, 4) is 33.4 Å². The van der Waals surface area contributed by atoms with E-state index in [1.807, 2.05) is 12.1 Å². The maximum atomic E-state index is 6.25. The highest BCUT2D eigenvalue weighted by Crippen LogP contribution is 2.37. The van der Waals surface area contributed by atoms with Gasteiger partial charge in [0.25, 0.3) is 0 Å². The third kappa shape index (κ3) is 4.46. The number of furan rings is 1. The minimum atomic E-state index is 0.923. The van der Waals surface area contributed by atoms with Gasteiger partial charge >= 0.3 is 0 Å². The van der Waals surface area contributed by atoms with Crippen molar-refractivity contribution in [3.05, 3.63) is 145 Å². The molecule has 0 atom stereocenters. The lowest BCUT2D eigenvalue weighted by Gasteiger charge is -2.19. The van der Waals surface area contributed by atoms with Crippen LogP contribution < -0.4 is 5.32 Å². The Balaban J connectivity index is 0.991. The van der Waals surface area contributed by atoms with Crippen molar-refractivity contribution < 1.29 is 4.42 Å². The van der Waals surface area contributed by atoms with Gasteiger partial charge in [-0.1, -0.05) is 103 Å². The molecule has 0 bridgehead atoms. The second kappa shape index (κ2) is 10.4. The van der Waals surface area contributed by atoms with Gasteiger partial charge in [0.2, 0.25) is 0 Å². The lowest BCUT2D eigenvalue weighted by atomic mass is 9.86. The van der Waals surface area contributed by atoms with Crippen LogP contribution in [0.4, 0.5) is 11.4 Å². The Morgan fingerprint density at radius 2 is 1.02 bits per heavy atom. The molecule has 0 saturated carbocycles. The van der Waals surface area contributed by atoms with Gasteiger partial charge in [0.05, 0.1) is 0 Å². The monoisotopic (exact) mass is 541 g/mol. The molecule has 42 heavy (non-hydrogen) atoms. The Labute approximate surface area is 246 Å². The van der Waals surface area contributed by atoms with Crippen molar-refractivity contribution in [1.29, 1.82) is 0 Å². The zero-order chi connectivity index (χ0) is 27.9. The summed E-state index contributed by atoms with van der Waals surface area (Å²) in [7, 11) is 0. The molecule has 1 aliphatic rings. The van der Waals surface area contributed by atoms with E-state index in [2.05, 4.69) is 127 Å². The van der Waals surface area contributed by atoms with E-state index in [-0.39, 0.29) is 0 Å². The minimum absolute atomic E-state index is 0.923. The highest BCUT2D eigenvalue weighted by Gasteiger charge is 2.14. The molecule has 0 spiro atoms. The number of nitrogens with one attached hydrogen (secondary N) is 1. The SMILES string of the molecule is c1cc2c(c(-c3ccc(-c4ccc(Nc5ccc(-c6cccc7c6oc6ccccc67)cc5)cc4)cc3)c1)CCCC2. The van der Waals surface area contributed by atoms with Crippen LogP contribution in [0.25, 0.3) is 55.3 Å². The maximum absolute atomic E-state index is 6.25. The summed E-state index contributed by atoms with van der Waals surface area (Å²) in [4.78, 5) is 0. The summed E-state index contributed by atoms with van der Waals surface area (Å²) in [6.45, 7) is 0. The zero-order valence-electron chi connectivity index (χ0n) is 23.4. The molecule has 0 unspecified atom stereocenters. The van der Waals surface area contributed by atoms with Crippen LogP contribution in [0.2, 0.25) is 0 Å². The molecule has 1 heterocycles. The number of benzene rings is 6. The Morgan fingerprint density at radius 3 is 1.81 bits per heavy atom. The van der Waals surface area contributed by atoms with Crippen molar-refractivity contribution >= 4 is 33.3 Å². The summed E-state index contributed by atoms with van der Waals surface area (Å²) in [5.74, 6) is 0. The van der Waals surface area contributed by atoms with E-state index in [0.717, 1.165) is 44.4 Å². The van der Waals surface area contributed by atoms with Gasteiger partial charge in [0.15, 0.2) is 0 Å². The third-order valence-corrected chi connectivity index (χ3v) is 8.70. The largest absolute Gasteiger partial charge is 0.455 e. The Morgan fingerprint density at radius 1 is 0.452 bits per heavy atom. The quantitative estimate of drug-likeness (QED) is 0.234. The van der Waals surface area contributed by atoms with Crippen molar-refractivity contribution in [2.45, 2.75) is 25.7 Å². The van der Waals surface area contributed by atoms with Gasteiger partial charge in [-0.15, -0.1) is 0 Å². The van der Waals surface area contributed by atoms with E-state index in [4.69, 9.17) is 4.42 Å². The number of fused-ring (bicyclic) bond motifs is 4. The smallest absolute Gasteiger partial charge is 0.143 e. The van der Waals surface area contributed by atoms with Gasteiger partial charge in [-0.25, -0.2) is 0 Å². The van der Waals surface area contributed by atoms with Gasteiger partial charge in [-0.3, -0.25) is 0 Å². The first-order valence-electron chi connectivity index (χ1n) is 14.9. The molecule has 0 amide bonds. The standard InChI is InChI=1S/C40H31NO/c1-2-9-34-29(7-1)8-5-11-35(34)30-17-15-27(16-18-30)28-19-23-32(24-20-28)41-33-25-21-31(22-26-33)36-12-6-13-38-37-10-3-4-14-39(37)42-40(36)38/h3-6,8,10-26,41H,1-2,7,9H2. The van der Waals surface area contributed by atoms with E-state index in [1.54, 1.807) is 5.56 Å². The van der Waals surface area contributed by atoms with Gasteiger partial charge < -0.3 is 9.73 Å². The fourth-order valence-corrected chi connectivity index (χ4v) is 6.51. The Hall–Kier alpha value is -5.08. The maximum Gasteiger partial charge on any atom is 0.143 e. The van der Waals surface area contributed by atoms with Gasteiger partial charge in [-0.05, 0) is 95.0 Å². The van der Waals surface area contributed by atoms with Crippen LogP contribution in [0, 0.1) is 0 Å². The molecule has 0 radical (unpaired) electrons. The van der Waals surface area contributed by atoms with Crippen molar-refractivity contribution in [3.63, 3.8) is 0 Å². The first-order valence-corrected chi connectivity index (χ1v) is 14.9. The zero-order valence-corrected chi connectivity index (χ0v) is 23.4. The van der Waals surface area contributed by atoms with Crippen molar-refractivity contribution in [2.24, 2.45) is 0 Å². The molecular weight excluding hydrogens is 510 g/mol. The van der Waals surface area contributed by atoms with Crippen molar-refractivity contribution in [2.75, 3.05) is 5.32 Å². The molecule has 6 aromatic carbocycles. The minimum Gasteiger partial charge on any atom is -0.455 e. The summed E-state index contributed by atoms with van der Waals surface area (Å²) in [6.07, 6.45) is 5.02. The second-order valence-electron chi connectivity index (χ2n) is 11.3. The molecule has 2 nitrogen and oxygen atoms in total. The average Bonchev–Trinajstić information content (AvgIpc) is 3.44. The molecule has 2 heteroatoms. The summed E-state index contributed by atoms with van der Waals surface area (Å²) in [5, 5.41) is 5.86. The number of hydrogen-bond donors (Lipinski definition) is 1. The predicted molar refractivity (Wildman–Crippen MR) is 176 cm³/mol. The number of anilines is 2. The van der Waals surface area contributed by atoms with Crippen molar-refractivity contribution in [1.82, 2.24) is 0 Å². The highest BCUT2D eigenvalue weighted by molar-refractivity contribution is 6.09. The van der Waals surface area contributed by atoms with E-state index in [0.29, 0.717) is 0 Å². The summed E-state index contributed by atoms with van der Waals surface area (Å²) < 4.78 is 6.25. The molecule has 7 aromatic rings. The summed E-state index contributed by atoms with van der Waals surface area (Å²) >= 11 is 0. The predicted octanol–water partition coefficient (Wildman–Crippen LogP) is 11.2. The number of hydrogen-bond acceptors (Lipinski definition) is 2. The van der Waals surface area contributed by atoms with Crippen LogP contribution >= 0.6 is 0 Å². The van der Waals surface area contributed by atoms with Gasteiger partial charge in [0, 0.05) is 27.7 Å². The van der Waals surface area contributed by atoms with Gasteiger partial charge in [-0.2, -0.15) is 0 Å². The molecule has 1 aromatic heterocycles. The fraction of sp³-hybridized carbons (Fsp3) is 0.100. The highest BCUT2D eigenvalue weighted by atomic mass is 16.3. The third-order valence-electron chi connectivity index (χ3n) is 8.70. The molecule has 0 saturated heterocycles. The Kier molecular flexibility index (Phi) is 6.11. The first-order chi connectivity index (χ1) is 20.8. The van der Waals surface area contributed by atoms with E-state index < -0.39 is 0 Å². The molecule has 8 rings (SSSR count). The molecular formula is C40H31NO. The molecule has 0 aliphatic heterocycles. The second-order valence-corrected chi connectivity index (χ2v) is 11.3. The van der Waals surface area contributed by atoms with Crippen LogP contribution in [-0.4, -0.2) is 0 Å². The van der Waals surface area contributed by atoms with Crippen LogP contribution in [-0.2, 0) is 12.8 Å². The Bertz CT molecular complexity index is 2030. The molecule has 1 N–H and O–H groups in total.